The monoisotopic (exact) mass is 229 g/mol. The fourth-order valence-corrected chi connectivity index (χ4v) is 2.82. The molecule has 0 bridgehead atoms. The molecular formula is C11H13F2NS. The van der Waals surface area contributed by atoms with Crippen LogP contribution >= 0.6 is 11.8 Å². The van der Waals surface area contributed by atoms with Gasteiger partial charge >= 0.3 is 0 Å². The van der Waals surface area contributed by atoms with Crippen LogP contribution in [0.4, 0.5) is 14.5 Å². The third-order valence-corrected chi connectivity index (χ3v) is 3.72. The SMILES string of the molecule is CC1(C)CNc2cccc(C(F)F)c2S1. The summed E-state index contributed by atoms with van der Waals surface area (Å²) in [7, 11) is 0. The van der Waals surface area contributed by atoms with Gasteiger partial charge in [0.1, 0.15) is 0 Å². The van der Waals surface area contributed by atoms with Crippen LogP contribution in [0.2, 0.25) is 0 Å². The molecule has 1 N–H and O–H groups in total. The lowest BCUT2D eigenvalue weighted by Crippen LogP contribution is -2.30. The van der Waals surface area contributed by atoms with E-state index in [1.165, 1.54) is 17.8 Å². The van der Waals surface area contributed by atoms with Gasteiger partial charge in [-0.3, -0.25) is 0 Å². The number of halogens is 2. The number of thioether (sulfide) groups is 1. The fourth-order valence-electron chi connectivity index (χ4n) is 1.60. The summed E-state index contributed by atoms with van der Waals surface area (Å²) in [6.45, 7) is 4.91. The van der Waals surface area contributed by atoms with E-state index in [0.717, 1.165) is 12.2 Å². The van der Waals surface area contributed by atoms with Crippen LogP contribution in [0.3, 0.4) is 0 Å². The molecule has 1 aromatic carbocycles. The number of anilines is 1. The molecule has 0 spiro atoms. The van der Waals surface area contributed by atoms with Crippen LogP contribution in [0.5, 0.6) is 0 Å². The first kappa shape index (κ1) is 10.7. The average Bonchev–Trinajstić information content (AvgIpc) is 2.15. The second-order valence-electron chi connectivity index (χ2n) is 4.24. The molecule has 0 aromatic heterocycles. The van der Waals surface area contributed by atoms with E-state index in [-0.39, 0.29) is 10.3 Å². The highest BCUT2D eigenvalue weighted by Gasteiger charge is 2.29. The molecule has 0 atom stereocenters. The lowest BCUT2D eigenvalue weighted by molar-refractivity contribution is 0.148. The Labute approximate surface area is 92.3 Å². The molecule has 1 aliphatic heterocycles. The van der Waals surface area contributed by atoms with Crippen LogP contribution in [0.25, 0.3) is 0 Å². The van der Waals surface area contributed by atoms with Crippen molar-refractivity contribution in [2.45, 2.75) is 29.9 Å². The van der Waals surface area contributed by atoms with E-state index in [1.807, 2.05) is 6.07 Å². The predicted molar refractivity (Wildman–Crippen MR) is 59.8 cm³/mol. The van der Waals surface area contributed by atoms with Gasteiger partial charge in [-0.05, 0) is 19.9 Å². The Bertz CT molecular complexity index is 377. The zero-order valence-electron chi connectivity index (χ0n) is 8.68. The standard InChI is InChI=1S/C11H13F2NS/c1-11(2)6-14-8-5-3-4-7(10(12)13)9(8)15-11/h3-5,10,14H,6H2,1-2H3. The van der Waals surface area contributed by atoms with Crippen molar-refractivity contribution in [2.24, 2.45) is 0 Å². The lowest BCUT2D eigenvalue weighted by Gasteiger charge is -2.32. The van der Waals surface area contributed by atoms with Gasteiger partial charge in [-0.1, -0.05) is 12.1 Å². The van der Waals surface area contributed by atoms with Gasteiger partial charge in [0.25, 0.3) is 6.43 Å². The molecule has 1 nitrogen and oxygen atoms in total. The van der Waals surface area contributed by atoms with Crippen molar-refractivity contribution in [1.29, 1.82) is 0 Å². The Morgan fingerprint density at radius 2 is 2.13 bits per heavy atom. The van der Waals surface area contributed by atoms with E-state index in [4.69, 9.17) is 0 Å². The van der Waals surface area contributed by atoms with Crippen molar-refractivity contribution < 1.29 is 8.78 Å². The predicted octanol–water partition coefficient (Wildman–Crippen LogP) is 3.92. The smallest absolute Gasteiger partial charge is 0.265 e. The van der Waals surface area contributed by atoms with Crippen LogP contribution < -0.4 is 5.32 Å². The van der Waals surface area contributed by atoms with Crippen molar-refractivity contribution in [3.8, 4) is 0 Å². The van der Waals surface area contributed by atoms with Crippen LogP contribution in [0, 0.1) is 0 Å². The zero-order chi connectivity index (χ0) is 11.1. The molecule has 0 amide bonds. The molecule has 0 saturated heterocycles. The topological polar surface area (TPSA) is 12.0 Å². The van der Waals surface area contributed by atoms with E-state index in [1.54, 1.807) is 6.07 Å². The molecule has 82 valence electrons. The number of nitrogens with one attached hydrogen (secondary N) is 1. The molecule has 15 heavy (non-hydrogen) atoms. The third-order valence-electron chi connectivity index (χ3n) is 2.36. The number of hydrogen-bond acceptors (Lipinski definition) is 2. The van der Waals surface area contributed by atoms with Crippen LogP contribution in [-0.4, -0.2) is 11.3 Å². The summed E-state index contributed by atoms with van der Waals surface area (Å²) >= 11 is 1.53. The summed E-state index contributed by atoms with van der Waals surface area (Å²) in [6.07, 6.45) is -2.40. The molecule has 1 aliphatic rings. The number of hydrogen-bond donors (Lipinski definition) is 1. The molecule has 1 aromatic rings. The number of alkyl halides is 2. The Morgan fingerprint density at radius 1 is 1.40 bits per heavy atom. The minimum Gasteiger partial charge on any atom is -0.383 e. The maximum Gasteiger partial charge on any atom is 0.265 e. The van der Waals surface area contributed by atoms with E-state index in [2.05, 4.69) is 19.2 Å². The highest BCUT2D eigenvalue weighted by atomic mass is 32.2. The summed E-state index contributed by atoms with van der Waals surface area (Å²) < 4.78 is 25.5. The van der Waals surface area contributed by atoms with Crippen LogP contribution in [0.15, 0.2) is 23.1 Å². The molecule has 4 heteroatoms. The van der Waals surface area contributed by atoms with Crippen molar-refractivity contribution in [3.05, 3.63) is 23.8 Å². The van der Waals surface area contributed by atoms with Gasteiger partial charge in [0, 0.05) is 27.4 Å². The molecule has 0 saturated carbocycles. The van der Waals surface area contributed by atoms with Gasteiger partial charge in [-0.15, -0.1) is 11.8 Å². The lowest BCUT2D eigenvalue weighted by atomic mass is 10.1. The van der Waals surface area contributed by atoms with E-state index >= 15 is 0 Å². The second-order valence-corrected chi connectivity index (χ2v) is 5.96. The minimum absolute atomic E-state index is 0.0298. The normalized spacial score (nSPS) is 18.5. The van der Waals surface area contributed by atoms with Crippen LogP contribution in [-0.2, 0) is 0 Å². The highest BCUT2D eigenvalue weighted by molar-refractivity contribution is 8.01. The molecule has 0 unspecified atom stereocenters. The maximum atomic E-state index is 12.8. The molecule has 0 aliphatic carbocycles. The Kier molecular flexibility index (Phi) is 2.63. The fraction of sp³-hybridized carbons (Fsp3) is 0.455. The van der Waals surface area contributed by atoms with Crippen LogP contribution in [0.1, 0.15) is 25.8 Å². The summed E-state index contributed by atoms with van der Waals surface area (Å²) in [5, 5.41) is 3.19. The van der Waals surface area contributed by atoms with Gasteiger partial charge in [0.2, 0.25) is 0 Å². The van der Waals surface area contributed by atoms with Crippen molar-refractivity contribution in [2.75, 3.05) is 11.9 Å². The number of benzene rings is 1. The largest absolute Gasteiger partial charge is 0.383 e. The molecule has 1 heterocycles. The first-order valence-corrected chi connectivity index (χ1v) is 5.65. The first-order valence-electron chi connectivity index (χ1n) is 4.83. The zero-order valence-corrected chi connectivity index (χ0v) is 9.50. The molecular weight excluding hydrogens is 216 g/mol. The summed E-state index contributed by atoms with van der Waals surface area (Å²) in [5.74, 6) is 0. The van der Waals surface area contributed by atoms with Crippen molar-refractivity contribution in [3.63, 3.8) is 0 Å². The van der Waals surface area contributed by atoms with Gasteiger partial charge in [0.05, 0.1) is 0 Å². The van der Waals surface area contributed by atoms with Crippen molar-refractivity contribution >= 4 is 17.4 Å². The van der Waals surface area contributed by atoms with E-state index in [0.29, 0.717) is 4.90 Å². The summed E-state index contributed by atoms with van der Waals surface area (Å²) in [5.41, 5.74) is 0.968. The third kappa shape index (κ3) is 2.09. The van der Waals surface area contributed by atoms with Gasteiger partial charge in [0.15, 0.2) is 0 Å². The Morgan fingerprint density at radius 3 is 2.80 bits per heavy atom. The maximum absolute atomic E-state index is 12.8. The van der Waals surface area contributed by atoms with E-state index < -0.39 is 6.43 Å². The quantitative estimate of drug-likeness (QED) is 0.783. The van der Waals surface area contributed by atoms with Gasteiger partial charge in [-0.25, -0.2) is 8.78 Å². The van der Waals surface area contributed by atoms with E-state index in [9.17, 15) is 8.78 Å². The summed E-state index contributed by atoms with van der Waals surface area (Å²) in [6, 6.07) is 5.02. The second kappa shape index (κ2) is 3.67. The van der Waals surface area contributed by atoms with Gasteiger partial charge in [-0.2, -0.15) is 0 Å². The average molecular weight is 229 g/mol. The van der Waals surface area contributed by atoms with Gasteiger partial charge < -0.3 is 5.32 Å². The Balaban J connectivity index is 2.45. The molecule has 0 fully saturated rings. The summed E-state index contributed by atoms with van der Waals surface area (Å²) in [4.78, 5) is 0.698. The first-order chi connectivity index (χ1) is 6.99. The highest BCUT2D eigenvalue weighted by Crippen LogP contribution is 2.45. The number of fused-ring (bicyclic) bond motifs is 1. The molecule has 0 radical (unpaired) electrons. The minimum atomic E-state index is -2.40. The van der Waals surface area contributed by atoms with Crippen molar-refractivity contribution in [1.82, 2.24) is 0 Å². The molecule has 2 rings (SSSR count). The number of rotatable bonds is 1. The Hall–Kier alpha value is -0.770.